The molecule has 0 fully saturated rings. The van der Waals surface area contributed by atoms with E-state index in [9.17, 15) is 33.9 Å². The fourth-order valence-corrected chi connectivity index (χ4v) is 2.29. The lowest BCUT2D eigenvalue weighted by molar-refractivity contribution is -0.143. The zero-order valence-corrected chi connectivity index (χ0v) is 16.1. The van der Waals surface area contributed by atoms with E-state index in [1.54, 1.807) is 13.8 Å². The molecule has 0 radical (unpaired) electrons. The highest BCUT2D eigenvalue weighted by Crippen LogP contribution is 2.06. The second kappa shape index (κ2) is 12.3. The largest absolute Gasteiger partial charge is 0.481 e. The van der Waals surface area contributed by atoms with Gasteiger partial charge in [-0.3, -0.25) is 24.0 Å². The maximum Gasteiger partial charge on any atom is 0.326 e. The van der Waals surface area contributed by atoms with E-state index in [1.807, 2.05) is 0 Å². The van der Waals surface area contributed by atoms with Crippen LogP contribution in [0.5, 0.6) is 0 Å². The molecule has 4 amide bonds. The van der Waals surface area contributed by atoms with Crippen LogP contribution in [0.3, 0.4) is 0 Å². The van der Waals surface area contributed by atoms with Crippen molar-refractivity contribution in [2.45, 2.75) is 51.2 Å². The number of hydrogen-bond donors (Lipinski definition) is 7. The van der Waals surface area contributed by atoms with Crippen LogP contribution in [0, 0.1) is 5.92 Å². The maximum absolute atomic E-state index is 12.4. The summed E-state index contributed by atoms with van der Waals surface area (Å²) in [6.45, 7) is 2.97. The van der Waals surface area contributed by atoms with Crippen LogP contribution < -0.4 is 27.4 Å². The van der Waals surface area contributed by atoms with Crippen molar-refractivity contribution in [3.05, 3.63) is 0 Å². The topological polar surface area (TPSA) is 231 Å². The quantitative estimate of drug-likeness (QED) is 0.160. The Hall–Kier alpha value is -3.22. The first kappa shape index (κ1) is 25.8. The van der Waals surface area contributed by atoms with Crippen molar-refractivity contribution in [3.8, 4) is 0 Å². The Balaban J connectivity index is 5.41. The first-order valence-electron chi connectivity index (χ1n) is 8.70. The lowest BCUT2D eigenvalue weighted by Crippen LogP contribution is -2.57. The molecule has 0 saturated carbocycles. The highest BCUT2D eigenvalue weighted by atomic mass is 16.4. The average molecular weight is 417 g/mol. The third-order valence-electron chi connectivity index (χ3n) is 3.58. The minimum Gasteiger partial charge on any atom is -0.481 e. The zero-order chi connectivity index (χ0) is 22.7. The van der Waals surface area contributed by atoms with Crippen LogP contribution >= 0.6 is 0 Å². The van der Waals surface area contributed by atoms with E-state index in [0.717, 1.165) is 0 Å². The van der Waals surface area contributed by atoms with E-state index in [1.165, 1.54) is 0 Å². The Kier molecular flexibility index (Phi) is 10.9. The van der Waals surface area contributed by atoms with Gasteiger partial charge in [0.2, 0.25) is 23.6 Å². The van der Waals surface area contributed by atoms with Gasteiger partial charge in [-0.05, 0) is 12.3 Å². The summed E-state index contributed by atoms with van der Waals surface area (Å²) < 4.78 is 0. The van der Waals surface area contributed by atoms with Crippen molar-refractivity contribution in [3.63, 3.8) is 0 Å². The molecule has 13 heteroatoms. The molecule has 3 unspecified atom stereocenters. The van der Waals surface area contributed by atoms with Crippen molar-refractivity contribution in [2.24, 2.45) is 17.4 Å². The van der Waals surface area contributed by atoms with Gasteiger partial charge in [0, 0.05) is 0 Å². The Morgan fingerprint density at radius 1 is 0.828 bits per heavy atom. The molecule has 0 aromatic heterocycles. The maximum atomic E-state index is 12.4. The van der Waals surface area contributed by atoms with E-state index < -0.39 is 73.1 Å². The summed E-state index contributed by atoms with van der Waals surface area (Å²) in [6, 6.07) is -4.42. The number of nitrogens with one attached hydrogen (secondary N) is 3. The fourth-order valence-electron chi connectivity index (χ4n) is 2.29. The van der Waals surface area contributed by atoms with E-state index in [4.69, 9.17) is 16.6 Å². The number of carboxylic acids is 2. The molecule has 0 aromatic carbocycles. The fraction of sp³-hybridized carbons (Fsp3) is 0.625. The lowest BCUT2D eigenvalue weighted by Gasteiger charge is -2.23. The van der Waals surface area contributed by atoms with Gasteiger partial charge < -0.3 is 37.6 Å². The number of primary amides is 1. The Labute approximate surface area is 166 Å². The summed E-state index contributed by atoms with van der Waals surface area (Å²) in [5.74, 6) is -6.66. The monoisotopic (exact) mass is 417 g/mol. The number of nitrogens with two attached hydrogens (primary N) is 2. The van der Waals surface area contributed by atoms with Crippen molar-refractivity contribution in [1.29, 1.82) is 0 Å². The van der Waals surface area contributed by atoms with Gasteiger partial charge in [0.05, 0.1) is 19.4 Å². The third kappa shape index (κ3) is 10.6. The molecule has 29 heavy (non-hydrogen) atoms. The minimum absolute atomic E-state index is 0.0768. The molecule has 0 aliphatic heterocycles. The summed E-state index contributed by atoms with van der Waals surface area (Å²) in [5, 5.41) is 24.5. The molecule has 0 bridgehead atoms. The first-order valence-corrected chi connectivity index (χ1v) is 8.70. The van der Waals surface area contributed by atoms with Crippen LogP contribution in [0.25, 0.3) is 0 Å². The van der Waals surface area contributed by atoms with Crippen LogP contribution in [0.15, 0.2) is 0 Å². The van der Waals surface area contributed by atoms with Crippen LogP contribution in [0.2, 0.25) is 0 Å². The summed E-state index contributed by atoms with van der Waals surface area (Å²) in [4.78, 5) is 69.6. The summed E-state index contributed by atoms with van der Waals surface area (Å²) >= 11 is 0. The average Bonchev–Trinajstić information content (AvgIpc) is 2.58. The van der Waals surface area contributed by atoms with Crippen molar-refractivity contribution in [1.82, 2.24) is 16.0 Å². The predicted octanol–water partition coefficient (Wildman–Crippen LogP) is -3.12. The number of amides is 4. The van der Waals surface area contributed by atoms with E-state index >= 15 is 0 Å². The molecule has 9 N–H and O–H groups in total. The summed E-state index contributed by atoms with van der Waals surface area (Å²) in [5.41, 5.74) is 10.2. The Morgan fingerprint density at radius 2 is 1.31 bits per heavy atom. The molecule has 0 saturated heterocycles. The number of carbonyl (C=O) groups is 6. The third-order valence-corrected chi connectivity index (χ3v) is 3.58. The standard InChI is InChI=1S/C16H27N5O8/c1-7(2)3-10(16(28)29)21-14(26)8(4-11(18)22)20-15(27)9(5-13(24)25)19-12(23)6-17/h7-10H,3-6,17H2,1-2H3,(H2,18,22)(H,19,23)(H,20,27)(H,21,26)(H,24,25)(H,28,29). The number of carbonyl (C=O) groups excluding carboxylic acids is 4. The van der Waals surface area contributed by atoms with Gasteiger partial charge in [0.15, 0.2) is 0 Å². The normalized spacial score (nSPS) is 13.7. The van der Waals surface area contributed by atoms with Crippen LogP contribution in [-0.4, -0.2) is 70.5 Å². The number of hydrogen-bond acceptors (Lipinski definition) is 7. The molecule has 13 nitrogen and oxygen atoms in total. The van der Waals surface area contributed by atoms with Gasteiger partial charge in [0.1, 0.15) is 18.1 Å². The molecule has 0 spiro atoms. The van der Waals surface area contributed by atoms with Gasteiger partial charge in [-0.15, -0.1) is 0 Å². The number of rotatable bonds is 13. The van der Waals surface area contributed by atoms with Gasteiger partial charge in [-0.2, -0.15) is 0 Å². The van der Waals surface area contributed by atoms with Gasteiger partial charge >= 0.3 is 11.9 Å². The Morgan fingerprint density at radius 3 is 1.69 bits per heavy atom. The van der Waals surface area contributed by atoms with E-state index in [0.29, 0.717) is 0 Å². The SMILES string of the molecule is CC(C)CC(NC(=O)C(CC(N)=O)NC(=O)C(CC(=O)O)NC(=O)CN)C(=O)O. The Bertz CT molecular complexity index is 651. The molecule has 0 aromatic rings. The predicted molar refractivity (Wildman–Crippen MR) is 98.0 cm³/mol. The highest BCUT2D eigenvalue weighted by molar-refractivity contribution is 5.96. The molecule has 0 aliphatic carbocycles. The molecule has 164 valence electrons. The van der Waals surface area contributed by atoms with Crippen LogP contribution in [-0.2, 0) is 28.8 Å². The second-order valence-corrected chi connectivity index (χ2v) is 6.68. The molecular weight excluding hydrogens is 390 g/mol. The zero-order valence-electron chi connectivity index (χ0n) is 16.1. The molecule has 0 aliphatic rings. The van der Waals surface area contributed by atoms with Gasteiger partial charge in [-0.1, -0.05) is 13.8 Å². The number of aliphatic carboxylic acids is 2. The van der Waals surface area contributed by atoms with Gasteiger partial charge in [-0.25, -0.2) is 4.79 Å². The minimum atomic E-state index is -1.57. The van der Waals surface area contributed by atoms with Crippen molar-refractivity contribution in [2.75, 3.05) is 6.54 Å². The number of carboxylic acid groups (broad SMARTS) is 2. The van der Waals surface area contributed by atoms with E-state index in [2.05, 4.69) is 16.0 Å². The lowest BCUT2D eigenvalue weighted by atomic mass is 10.0. The smallest absolute Gasteiger partial charge is 0.326 e. The van der Waals surface area contributed by atoms with Crippen LogP contribution in [0.1, 0.15) is 33.1 Å². The van der Waals surface area contributed by atoms with Crippen LogP contribution in [0.4, 0.5) is 0 Å². The molecule has 3 atom stereocenters. The summed E-state index contributed by atoms with van der Waals surface area (Å²) in [7, 11) is 0. The van der Waals surface area contributed by atoms with Crippen molar-refractivity contribution < 1.29 is 39.0 Å². The van der Waals surface area contributed by atoms with Crippen molar-refractivity contribution >= 4 is 35.6 Å². The highest BCUT2D eigenvalue weighted by Gasteiger charge is 2.31. The first-order chi connectivity index (χ1) is 13.4. The van der Waals surface area contributed by atoms with E-state index in [-0.39, 0.29) is 12.3 Å². The summed E-state index contributed by atoms with van der Waals surface area (Å²) in [6.07, 6.45) is -1.39. The molecule has 0 heterocycles. The molecule has 0 rings (SSSR count). The second-order valence-electron chi connectivity index (χ2n) is 6.68. The molecular formula is C16H27N5O8. The van der Waals surface area contributed by atoms with Gasteiger partial charge in [0.25, 0.3) is 0 Å².